The first-order valence-corrected chi connectivity index (χ1v) is 7.80. The summed E-state index contributed by atoms with van der Waals surface area (Å²) in [5.74, 6) is -1.91. The van der Waals surface area contributed by atoms with Gasteiger partial charge in [0, 0.05) is 26.2 Å². The highest BCUT2D eigenvalue weighted by molar-refractivity contribution is 5.85. The van der Waals surface area contributed by atoms with Crippen molar-refractivity contribution in [2.45, 2.75) is 44.1 Å². The number of nitrogens with two attached hydrogens (primary N) is 1. The van der Waals surface area contributed by atoms with E-state index in [4.69, 9.17) is 10.5 Å². The molecule has 2 atom stereocenters. The SMILES string of the molecule is Cl.NC[C@H]1CC[C@@H](C(=O)NCC2CCN(C(=O)C(F)(F)F)CC2)O1. The monoisotopic (exact) mass is 373 g/mol. The van der Waals surface area contributed by atoms with Gasteiger partial charge in [0.2, 0.25) is 5.91 Å². The molecule has 0 aromatic carbocycles. The van der Waals surface area contributed by atoms with Crippen LogP contribution in [-0.4, -0.2) is 61.3 Å². The van der Waals surface area contributed by atoms with Crippen LogP contribution in [0, 0.1) is 5.92 Å². The lowest BCUT2D eigenvalue weighted by atomic mass is 9.96. The van der Waals surface area contributed by atoms with Gasteiger partial charge in [-0.25, -0.2) is 0 Å². The molecule has 10 heteroatoms. The van der Waals surface area contributed by atoms with Crippen LogP contribution in [0.15, 0.2) is 0 Å². The molecule has 0 spiro atoms. The van der Waals surface area contributed by atoms with Crippen molar-refractivity contribution in [3.8, 4) is 0 Å². The van der Waals surface area contributed by atoms with Gasteiger partial charge in [-0.15, -0.1) is 12.4 Å². The summed E-state index contributed by atoms with van der Waals surface area (Å²) in [5.41, 5.74) is 5.49. The van der Waals surface area contributed by atoms with Crippen molar-refractivity contribution >= 4 is 24.2 Å². The second kappa shape index (κ2) is 8.87. The number of hydrogen-bond acceptors (Lipinski definition) is 4. The highest BCUT2D eigenvalue weighted by atomic mass is 35.5. The lowest BCUT2D eigenvalue weighted by Crippen LogP contribution is -2.47. The van der Waals surface area contributed by atoms with E-state index in [9.17, 15) is 22.8 Å². The molecule has 2 aliphatic heterocycles. The number of ether oxygens (including phenoxy) is 1. The number of amides is 2. The molecule has 24 heavy (non-hydrogen) atoms. The number of alkyl halides is 3. The van der Waals surface area contributed by atoms with E-state index in [2.05, 4.69) is 5.32 Å². The van der Waals surface area contributed by atoms with E-state index in [-0.39, 0.29) is 43.4 Å². The van der Waals surface area contributed by atoms with E-state index in [0.29, 0.717) is 32.4 Å². The zero-order valence-electron chi connectivity index (χ0n) is 13.2. The predicted octanol–water partition coefficient (Wildman–Crippen LogP) is 0.832. The number of likely N-dealkylation sites (tertiary alicyclic amines) is 1. The molecule has 2 saturated heterocycles. The van der Waals surface area contributed by atoms with Crippen molar-refractivity contribution < 1.29 is 27.5 Å². The number of nitrogens with zero attached hydrogens (tertiary/aromatic N) is 1. The van der Waals surface area contributed by atoms with Crippen molar-refractivity contribution in [1.29, 1.82) is 0 Å². The van der Waals surface area contributed by atoms with E-state index in [1.807, 2.05) is 0 Å². The van der Waals surface area contributed by atoms with Crippen molar-refractivity contribution in [2.24, 2.45) is 11.7 Å². The maximum absolute atomic E-state index is 12.3. The molecule has 2 amide bonds. The van der Waals surface area contributed by atoms with Gasteiger partial charge in [0.05, 0.1) is 6.10 Å². The Balaban J connectivity index is 0.00000288. The highest BCUT2D eigenvalue weighted by Crippen LogP contribution is 2.24. The van der Waals surface area contributed by atoms with Crippen LogP contribution < -0.4 is 11.1 Å². The molecule has 0 radical (unpaired) electrons. The van der Waals surface area contributed by atoms with E-state index >= 15 is 0 Å². The molecule has 3 N–H and O–H groups in total. The smallest absolute Gasteiger partial charge is 0.364 e. The van der Waals surface area contributed by atoms with Gasteiger partial charge in [-0.2, -0.15) is 13.2 Å². The van der Waals surface area contributed by atoms with Crippen LogP contribution in [0.25, 0.3) is 0 Å². The zero-order valence-corrected chi connectivity index (χ0v) is 14.0. The van der Waals surface area contributed by atoms with Crippen LogP contribution in [0.5, 0.6) is 0 Å². The van der Waals surface area contributed by atoms with Gasteiger partial charge < -0.3 is 20.7 Å². The van der Waals surface area contributed by atoms with E-state index < -0.39 is 18.2 Å². The molecule has 140 valence electrons. The van der Waals surface area contributed by atoms with Gasteiger partial charge >= 0.3 is 12.1 Å². The van der Waals surface area contributed by atoms with Crippen LogP contribution in [0.3, 0.4) is 0 Å². The Kier molecular flexibility index (Phi) is 7.75. The molecule has 0 unspecified atom stereocenters. The second-order valence-electron chi connectivity index (χ2n) is 6.04. The Morgan fingerprint density at radius 2 is 1.79 bits per heavy atom. The lowest BCUT2D eigenvalue weighted by Gasteiger charge is -2.32. The Morgan fingerprint density at radius 1 is 1.17 bits per heavy atom. The number of piperidine rings is 1. The number of nitrogens with one attached hydrogen (secondary N) is 1. The quantitative estimate of drug-likeness (QED) is 0.764. The van der Waals surface area contributed by atoms with Crippen LogP contribution in [0.1, 0.15) is 25.7 Å². The maximum atomic E-state index is 12.3. The van der Waals surface area contributed by atoms with Crippen molar-refractivity contribution in [1.82, 2.24) is 10.2 Å². The van der Waals surface area contributed by atoms with Crippen molar-refractivity contribution in [3.63, 3.8) is 0 Å². The standard InChI is InChI=1S/C14H22F3N3O3.ClH/c15-14(16,17)13(22)20-5-3-9(4-6-20)8-19-12(21)11-2-1-10(7-18)23-11;/h9-11H,1-8,18H2,(H,19,21);1H/t10-,11+;/m1./s1. The summed E-state index contributed by atoms with van der Waals surface area (Å²) in [6.07, 6.45) is -3.12. The van der Waals surface area contributed by atoms with Crippen LogP contribution in [0.4, 0.5) is 13.2 Å². The first kappa shape index (κ1) is 21.0. The summed E-state index contributed by atoms with van der Waals surface area (Å²) >= 11 is 0. The lowest BCUT2D eigenvalue weighted by molar-refractivity contribution is -0.186. The molecule has 0 saturated carbocycles. The average molecular weight is 374 g/mol. The summed E-state index contributed by atoms with van der Waals surface area (Å²) in [7, 11) is 0. The van der Waals surface area contributed by atoms with E-state index in [1.165, 1.54) is 0 Å². The Labute approximate surface area is 144 Å². The molecule has 0 bridgehead atoms. The molecular weight excluding hydrogens is 351 g/mol. The molecule has 0 aromatic heterocycles. The minimum absolute atomic E-state index is 0. The summed E-state index contributed by atoms with van der Waals surface area (Å²) < 4.78 is 42.5. The van der Waals surface area contributed by atoms with Crippen molar-refractivity contribution in [2.75, 3.05) is 26.2 Å². The second-order valence-corrected chi connectivity index (χ2v) is 6.04. The molecule has 0 aromatic rings. The third-order valence-electron chi connectivity index (χ3n) is 4.37. The van der Waals surface area contributed by atoms with Gasteiger partial charge in [-0.3, -0.25) is 9.59 Å². The third kappa shape index (κ3) is 5.49. The maximum Gasteiger partial charge on any atom is 0.471 e. The first-order valence-electron chi connectivity index (χ1n) is 7.80. The highest BCUT2D eigenvalue weighted by Gasteiger charge is 2.43. The molecule has 2 rings (SSSR count). The fraction of sp³-hybridized carbons (Fsp3) is 0.857. The number of halogens is 4. The van der Waals surface area contributed by atoms with Gasteiger partial charge in [0.25, 0.3) is 0 Å². The normalized spacial score (nSPS) is 25.2. The first-order chi connectivity index (χ1) is 10.8. The summed E-state index contributed by atoms with van der Waals surface area (Å²) in [6.45, 7) is 0.900. The Hall–Kier alpha value is -1.06. The molecule has 6 nitrogen and oxygen atoms in total. The molecule has 2 fully saturated rings. The van der Waals surface area contributed by atoms with Gasteiger partial charge in [0.1, 0.15) is 6.10 Å². The van der Waals surface area contributed by atoms with Gasteiger partial charge in [-0.1, -0.05) is 0 Å². The van der Waals surface area contributed by atoms with Crippen molar-refractivity contribution in [3.05, 3.63) is 0 Å². The van der Waals surface area contributed by atoms with Crippen LogP contribution in [0.2, 0.25) is 0 Å². The largest absolute Gasteiger partial charge is 0.471 e. The predicted molar refractivity (Wildman–Crippen MR) is 82.6 cm³/mol. The van der Waals surface area contributed by atoms with Crippen LogP contribution in [-0.2, 0) is 14.3 Å². The average Bonchev–Trinajstić information content (AvgIpc) is 3.00. The zero-order chi connectivity index (χ0) is 17.0. The van der Waals surface area contributed by atoms with E-state index in [1.54, 1.807) is 0 Å². The Morgan fingerprint density at radius 3 is 2.29 bits per heavy atom. The summed E-state index contributed by atoms with van der Waals surface area (Å²) in [5, 5.41) is 2.78. The number of carbonyl (C=O) groups is 2. The number of carbonyl (C=O) groups excluding carboxylic acids is 2. The summed E-state index contributed by atoms with van der Waals surface area (Å²) in [4.78, 5) is 23.9. The van der Waals surface area contributed by atoms with Crippen LogP contribution >= 0.6 is 12.4 Å². The topological polar surface area (TPSA) is 84.7 Å². The van der Waals surface area contributed by atoms with Gasteiger partial charge in [-0.05, 0) is 31.6 Å². The minimum Gasteiger partial charge on any atom is -0.364 e. The third-order valence-corrected chi connectivity index (χ3v) is 4.37. The number of rotatable bonds is 4. The molecule has 2 aliphatic rings. The minimum atomic E-state index is -4.82. The summed E-state index contributed by atoms with van der Waals surface area (Å²) in [6, 6.07) is 0. The fourth-order valence-corrected chi connectivity index (χ4v) is 2.95. The molecule has 2 heterocycles. The van der Waals surface area contributed by atoms with Gasteiger partial charge in [0.15, 0.2) is 0 Å². The fourth-order valence-electron chi connectivity index (χ4n) is 2.95. The molecular formula is C14H23ClF3N3O3. The Bertz CT molecular complexity index is 443. The molecule has 0 aliphatic carbocycles. The number of hydrogen-bond donors (Lipinski definition) is 2. The van der Waals surface area contributed by atoms with E-state index in [0.717, 1.165) is 11.3 Å².